The summed E-state index contributed by atoms with van der Waals surface area (Å²) in [6.07, 6.45) is 0. The zero-order valence-corrected chi connectivity index (χ0v) is 18.1. The molecular weight excluding hydrogens is 388 g/mol. The fraction of sp³-hybridized carbons (Fsp3) is 0.269. The zero-order chi connectivity index (χ0) is 21.6. The van der Waals surface area contributed by atoms with E-state index in [2.05, 4.69) is 36.1 Å². The third-order valence-electron chi connectivity index (χ3n) is 5.58. The quantitative estimate of drug-likeness (QED) is 0.591. The lowest BCUT2D eigenvalue weighted by atomic mass is 10.1. The maximum Gasteiger partial charge on any atom is 0.254 e. The number of nitrogens with zero attached hydrogens (tertiary/aromatic N) is 2. The summed E-state index contributed by atoms with van der Waals surface area (Å²) in [5.41, 5.74) is 4.16. The van der Waals surface area contributed by atoms with Crippen LogP contribution < -0.4 is 14.4 Å². The molecule has 0 spiro atoms. The Kier molecular flexibility index (Phi) is 6.41. The van der Waals surface area contributed by atoms with Crippen LogP contribution in [0.15, 0.2) is 72.8 Å². The van der Waals surface area contributed by atoms with Crippen LogP contribution in [0.25, 0.3) is 0 Å². The number of carbonyl (C=O) groups excluding carboxylic acids is 1. The van der Waals surface area contributed by atoms with E-state index in [1.54, 1.807) is 13.2 Å². The summed E-state index contributed by atoms with van der Waals surface area (Å²) >= 11 is 0. The molecule has 0 radical (unpaired) electrons. The largest absolute Gasteiger partial charge is 0.493 e. The lowest BCUT2D eigenvalue weighted by Crippen LogP contribution is -2.48. The smallest absolute Gasteiger partial charge is 0.254 e. The summed E-state index contributed by atoms with van der Waals surface area (Å²) in [6, 6.07) is 23.9. The van der Waals surface area contributed by atoms with E-state index in [0.29, 0.717) is 36.8 Å². The Morgan fingerprint density at radius 1 is 0.871 bits per heavy atom. The van der Waals surface area contributed by atoms with Crippen molar-refractivity contribution < 1.29 is 14.3 Å². The first kappa shape index (κ1) is 20.8. The second-order valence-corrected chi connectivity index (χ2v) is 7.76. The molecule has 4 rings (SSSR count). The molecule has 0 atom stereocenters. The number of amides is 1. The predicted molar refractivity (Wildman–Crippen MR) is 123 cm³/mol. The average molecular weight is 417 g/mol. The van der Waals surface area contributed by atoms with Crippen molar-refractivity contribution in [3.8, 4) is 11.5 Å². The summed E-state index contributed by atoms with van der Waals surface area (Å²) in [6.45, 7) is 5.59. The number of methoxy groups -OCH3 is 1. The molecule has 3 aromatic carbocycles. The van der Waals surface area contributed by atoms with Crippen LogP contribution in [0.1, 0.15) is 21.5 Å². The number of hydrogen-bond donors (Lipinski definition) is 0. The maximum absolute atomic E-state index is 13.1. The molecule has 0 N–H and O–H groups in total. The number of hydrogen-bond acceptors (Lipinski definition) is 4. The van der Waals surface area contributed by atoms with Crippen LogP contribution in [-0.4, -0.2) is 44.1 Å². The van der Waals surface area contributed by atoms with Crippen LogP contribution in [0.3, 0.4) is 0 Å². The minimum Gasteiger partial charge on any atom is -0.493 e. The van der Waals surface area contributed by atoms with E-state index in [1.165, 1.54) is 11.3 Å². The number of ether oxygens (including phenoxy) is 2. The molecule has 31 heavy (non-hydrogen) atoms. The van der Waals surface area contributed by atoms with Gasteiger partial charge in [0.1, 0.15) is 6.61 Å². The van der Waals surface area contributed by atoms with Crippen LogP contribution in [-0.2, 0) is 6.61 Å². The monoisotopic (exact) mass is 416 g/mol. The molecule has 1 saturated heterocycles. The van der Waals surface area contributed by atoms with Crippen LogP contribution in [0, 0.1) is 6.92 Å². The SMILES string of the molecule is COc1cc(C(=O)N2CCN(c3cccc(C)c3)CC2)ccc1OCc1ccccc1. The van der Waals surface area contributed by atoms with E-state index < -0.39 is 0 Å². The summed E-state index contributed by atoms with van der Waals surface area (Å²) in [7, 11) is 1.60. The Hall–Kier alpha value is -3.47. The van der Waals surface area contributed by atoms with Crippen LogP contribution in [0.4, 0.5) is 5.69 Å². The van der Waals surface area contributed by atoms with Crippen molar-refractivity contribution in [2.24, 2.45) is 0 Å². The van der Waals surface area contributed by atoms with Crippen LogP contribution in [0.2, 0.25) is 0 Å². The van der Waals surface area contributed by atoms with Crippen molar-refractivity contribution in [2.45, 2.75) is 13.5 Å². The van der Waals surface area contributed by atoms with E-state index >= 15 is 0 Å². The normalized spacial score (nSPS) is 13.7. The molecule has 5 heteroatoms. The highest BCUT2D eigenvalue weighted by Gasteiger charge is 2.23. The van der Waals surface area contributed by atoms with Crippen LogP contribution >= 0.6 is 0 Å². The van der Waals surface area contributed by atoms with Crippen molar-refractivity contribution in [3.63, 3.8) is 0 Å². The third-order valence-corrected chi connectivity index (χ3v) is 5.58. The predicted octanol–water partition coefficient (Wildman–Crippen LogP) is 4.55. The van der Waals surface area contributed by atoms with Gasteiger partial charge in [0, 0.05) is 37.4 Å². The Morgan fingerprint density at radius 3 is 2.35 bits per heavy atom. The van der Waals surface area contributed by atoms with Crippen molar-refractivity contribution in [1.29, 1.82) is 0 Å². The molecule has 5 nitrogen and oxygen atoms in total. The van der Waals surface area contributed by atoms with Gasteiger partial charge in [-0.2, -0.15) is 0 Å². The zero-order valence-electron chi connectivity index (χ0n) is 18.1. The lowest BCUT2D eigenvalue weighted by molar-refractivity contribution is 0.0746. The van der Waals surface area contributed by atoms with Gasteiger partial charge >= 0.3 is 0 Å². The molecule has 0 bridgehead atoms. The number of aryl methyl sites for hydroxylation is 1. The van der Waals surface area contributed by atoms with E-state index in [4.69, 9.17) is 9.47 Å². The minimum absolute atomic E-state index is 0.0248. The lowest BCUT2D eigenvalue weighted by Gasteiger charge is -2.36. The Bertz CT molecular complexity index is 1030. The van der Waals surface area contributed by atoms with E-state index in [1.807, 2.05) is 47.4 Å². The molecule has 0 unspecified atom stereocenters. The first-order chi connectivity index (χ1) is 15.1. The minimum atomic E-state index is 0.0248. The molecule has 160 valence electrons. The molecule has 1 heterocycles. The highest BCUT2D eigenvalue weighted by molar-refractivity contribution is 5.95. The highest BCUT2D eigenvalue weighted by Crippen LogP contribution is 2.29. The second-order valence-electron chi connectivity index (χ2n) is 7.76. The molecule has 0 aliphatic carbocycles. The standard InChI is InChI=1S/C26H28N2O3/c1-20-7-6-10-23(17-20)27-13-15-28(16-14-27)26(29)22-11-12-24(25(18-22)30-2)31-19-21-8-4-3-5-9-21/h3-12,17-18H,13-16,19H2,1-2H3. The molecule has 1 aliphatic rings. The van der Waals surface area contributed by atoms with Crippen molar-refractivity contribution in [1.82, 2.24) is 4.90 Å². The van der Waals surface area contributed by atoms with E-state index in [-0.39, 0.29) is 5.91 Å². The van der Waals surface area contributed by atoms with Crippen molar-refractivity contribution in [3.05, 3.63) is 89.5 Å². The molecule has 1 amide bonds. The average Bonchev–Trinajstić information content (AvgIpc) is 2.83. The second kappa shape index (κ2) is 9.56. The Balaban J connectivity index is 1.39. The van der Waals surface area contributed by atoms with Gasteiger partial charge in [-0.25, -0.2) is 0 Å². The summed E-state index contributed by atoms with van der Waals surface area (Å²) < 4.78 is 11.4. The molecule has 0 aromatic heterocycles. The van der Waals surface area contributed by atoms with Gasteiger partial charge in [0.25, 0.3) is 5.91 Å². The molecular formula is C26H28N2O3. The van der Waals surface area contributed by atoms with Gasteiger partial charge in [-0.05, 0) is 48.4 Å². The summed E-state index contributed by atoms with van der Waals surface area (Å²) in [5, 5.41) is 0. The summed E-state index contributed by atoms with van der Waals surface area (Å²) in [4.78, 5) is 17.3. The van der Waals surface area contributed by atoms with E-state index in [0.717, 1.165) is 18.7 Å². The van der Waals surface area contributed by atoms with E-state index in [9.17, 15) is 4.79 Å². The number of carbonyl (C=O) groups is 1. The van der Waals surface area contributed by atoms with Crippen molar-refractivity contribution >= 4 is 11.6 Å². The molecule has 3 aromatic rings. The molecule has 0 saturated carbocycles. The first-order valence-corrected chi connectivity index (χ1v) is 10.6. The summed E-state index contributed by atoms with van der Waals surface area (Å²) in [5.74, 6) is 1.23. The van der Waals surface area contributed by atoms with Gasteiger partial charge in [0.15, 0.2) is 11.5 Å². The Labute approximate surface area is 183 Å². The number of benzene rings is 3. The number of rotatable bonds is 6. The highest BCUT2D eigenvalue weighted by atomic mass is 16.5. The van der Waals surface area contributed by atoms with Gasteiger partial charge < -0.3 is 19.3 Å². The Morgan fingerprint density at radius 2 is 1.65 bits per heavy atom. The van der Waals surface area contributed by atoms with Crippen LogP contribution in [0.5, 0.6) is 11.5 Å². The van der Waals surface area contributed by atoms with Gasteiger partial charge in [-0.15, -0.1) is 0 Å². The maximum atomic E-state index is 13.1. The third kappa shape index (κ3) is 5.00. The topological polar surface area (TPSA) is 42.0 Å². The number of piperazine rings is 1. The van der Waals surface area contributed by atoms with Gasteiger partial charge in [0.2, 0.25) is 0 Å². The van der Waals surface area contributed by atoms with Crippen molar-refractivity contribution in [2.75, 3.05) is 38.2 Å². The molecule has 1 aliphatic heterocycles. The fourth-order valence-electron chi connectivity index (χ4n) is 3.83. The fourth-order valence-corrected chi connectivity index (χ4v) is 3.83. The number of anilines is 1. The van der Waals surface area contributed by atoms with Gasteiger partial charge in [-0.1, -0.05) is 42.5 Å². The van der Waals surface area contributed by atoms with Gasteiger partial charge in [0.05, 0.1) is 7.11 Å². The van der Waals surface area contributed by atoms with Gasteiger partial charge in [-0.3, -0.25) is 4.79 Å². The molecule has 1 fully saturated rings. The first-order valence-electron chi connectivity index (χ1n) is 10.6.